The largest absolute Gasteiger partial charge is 0.479 e. The zero-order chi connectivity index (χ0) is 6.69. The highest BCUT2D eigenvalue weighted by molar-refractivity contribution is 5.72. The topological polar surface area (TPSA) is 58.6 Å². The average Bonchev–Trinajstić information content (AvgIpc) is 1.90. The summed E-state index contributed by atoms with van der Waals surface area (Å²) in [4.78, 5) is 10.2. The summed E-state index contributed by atoms with van der Waals surface area (Å²) in [5, 5.41) is 11.3. The van der Waals surface area contributed by atoms with Crippen molar-refractivity contribution in [2.75, 3.05) is 19.7 Å². The Morgan fingerprint density at radius 3 is 2.89 bits per heavy atom. The van der Waals surface area contributed by atoms with Gasteiger partial charge in [0.1, 0.15) is 0 Å². The number of morpholine rings is 1. The molecule has 0 unspecified atom stereocenters. The second-order valence-electron chi connectivity index (χ2n) is 1.90. The van der Waals surface area contributed by atoms with E-state index >= 15 is 0 Å². The third-order valence-corrected chi connectivity index (χ3v) is 1.20. The lowest BCUT2D eigenvalue weighted by atomic mass is 10.3. The SMILES string of the molecule is O=C(O)[C@H]1CNCCO1. The summed E-state index contributed by atoms with van der Waals surface area (Å²) in [6.07, 6.45) is -0.640. The van der Waals surface area contributed by atoms with Gasteiger partial charge in [-0.3, -0.25) is 0 Å². The molecule has 1 rings (SSSR count). The van der Waals surface area contributed by atoms with Crippen molar-refractivity contribution in [3.8, 4) is 0 Å². The molecule has 1 heterocycles. The number of ether oxygens (including phenoxy) is 1. The minimum atomic E-state index is -0.887. The molecule has 0 spiro atoms. The van der Waals surface area contributed by atoms with E-state index in [1.165, 1.54) is 0 Å². The van der Waals surface area contributed by atoms with E-state index in [-0.39, 0.29) is 0 Å². The van der Waals surface area contributed by atoms with Crippen molar-refractivity contribution in [3.63, 3.8) is 0 Å². The quantitative estimate of drug-likeness (QED) is 0.482. The van der Waals surface area contributed by atoms with Gasteiger partial charge >= 0.3 is 5.97 Å². The Hall–Kier alpha value is -0.610. The minimum Gasteiger partial charge on any atom is -0.479 e. The van der Waals surface area contributed by atoms with Gasteiger partial charge in [-0.2, -0.15) is 0 Å². The van der Waals surface area contributed by atoms with Crippen LogP contribution in [0, 0.1) is 0 Å². The fourth-order valence-electron chi connectivity index (χ4n) is 0.724. The van der Waals surface area contributed by atoms with E-state index in [2.05, 4.69) is 5.32 Å². The van der Waals surface area contributed by atoms with Crippen molar-refractivity contribution in [2.45, 2.75) is 6.10 Å². The first-order valence-corrected chi connectivity index (χ1v) is 2.86. The van der Waals surface area contributed by atoms with E-state index < -0.39 is 12.1 Å². The van der Waals surface area contributed by atoms with E-state index in [1.54, 1.807) is 0 Å². The van der Waals surface area contributed by atoms with Crippen molar-refractivity contribution in [2.24, 2.45) is 0 Å². The third kappa shape index (κ3) is 1.65. The molecule has 2 N–H and O–H groups in total. The van der Waals surface area contributed by atoms with Crippen LogP contribution in [0.4, 0.5) is 0 Å². The van der Waals surface area contributed by atoms with Gasteiger partial charge in [0.2, 0.25) is 0 Å². The fourth-order valence-corrected chi connectivity index (χ4v) is 0.724. The first-order chi connectivity index (χ1) is 4.30. The highest BCUT2D eigenvalue weighted by Gasteiger charge is 2.19. The Morgan fingerprint density at radius 1 is 1.78 bits per heavy atom. The molecule has 1 fully saturated rings. The molecule has 1 aliphatic rings. The number of hydrogen-bond acceptors (Lipinski definition) is 3. The van der Waals surface area contributed by atoms with Crippen LogP contribution in [0.25, 0.3) is 0 Å². The molecule has 1 aliphatic heterocycles. The van der Waals surface area contributed by atoms with Gasteiger partial charge in [0.15, 0.2) is 6.10 Å². The van der Waals surface area contributed by atoms with Crippen LogP contribution in [0.2, 0.25) is 0 Å². The van der Waals surface area contributed by atoms with Crippen LogP contribution in [0.3, 0.4) is 0 Å². The van der Waals surface area contributed by atoms with Crippen LogP contribution in [-0.4, -0.2) is 36.9 Å². The molecule has 0 aliphatic carbocycles. The number of hydrogen-bond donors (Lipinski definition) is 2. The summed E-state index contributed by atoms with van der Waals surface area (Å²) < 4.78 is 4.88. The van der Waals surface area contributed by atoms with Crippen molar-refractivity contribution >= 4 is 5.97 Å². The number of aliphatic carboxylic acids is 1. The van der Waals surface area contributed by atoms with E-state index in [4.69, 9.17) is 9.84 Å². The standard InChI is InChI=1S/C5H9NO3/c7-5(8)4-3-6-1-2-9-4/h4,6H,1-3H2,(H,7,8)/t4-/m1/s1. The predicted molar refractivity (Wildman–Crippen MR) is 30.2 cm³/mol. The van der Waals surface area contributed by atoms with Crippen molar-refractivity contribution in [1.82, 2.24) is 5.32 Å². The summed E-state index contributed by atoms with van der Waals surface area (Å²) in [6.45, 7) is 1.68. The van der Waals surface area contributed by atoms with Crippen LogP contribution in [0.15, 0.2) is 0 Å². The first kappa shape index (κ1) is 6.51. The van der Waals surface area contributed by atoms with Crippen LogP contribution >= 0.6 is 0 Å². The molecular formula is C5H9NO3. The summed E-state index contributed by atoms with van der Waals surface area (Å²) in [5.41, 5.74) is 0. The normalized spacial score (nSPS) is 27.8. The monoisotopic (exact) mass is 131 g/mol. The molecule has 0 aromatic heterocycles. The number of rotatable bonds is 1. The van der Waals surface area contributed by atoms with E-state index in [0.29, 0.717) is 13.2 Å². The number of carboxylic acids is 1. The number of carbonyl (C=O) groups is 1. The molecule has 4 nitrogen and oxygen atoms in total. The van der Waals surface area contributed by atoms with Crippen LogP contribution in [-0.2, 0) is 9.53 Å². The zero-order valence-corrected chi connectivity index (χ0v) is 4.96. The molecule has 0 saturated carbocycles. The molecule has 0 amide bonds. The summed E-state index contributed by atoms with van der Waals surface area (Å²) >= 11 is 0. The maximum Gasteiger partial charge on any atom is 0.334 e. The second kappa shape index (κ2) is 2.80. The second-order valence-corrected chi connectivity index (χ2v) is 1.90. The average molecular weight is 131 g/mol. The van der Waals surface area contributed by atoms with Gasteiger partial charge in [0, 0.05) is 13.1 Å². The lowest BCUT2D eigenvalue weighted by Gasteiger charge is -2.19. The fraction of sp³-hybridized carbons (Fsp3) is 0.800. The number of carboxylic acid groups (broad SMARTS) is 1. The van der Waals surface area contributed by atoms with Crippen LogP contribution in [0.5, 0.6) is 0 Å². The zero-order valence-electron chi connectivity index (χ0n) is 4.96. The summed E-state index contributed by atoms with van der Waals surface area (Å²) in [7, 11) is 0. The van der Waals surface area contributed by atoms with Gasteiger partial charge in [-0.05, 0) is 0 Å². The predicted octanol–water partition coefficient (Wildman–Crippen LogP) is -0.941. The summed E-state index contributed by atoms with van der Waals surface area (Å²) in [6, 6.07) is 0. The molecule has 1 saturated heterocycles. The lowest BCUT2D eigenvalue weighted by Crippen LogP contribution is -2.42. The Labute approximate surface area is 52.8 Å². The summed E-state index contributed by atoms with van der Waals surface area (Å²) in [5.74, 6) is -0.887. The molecule has 9 heavy (non-hydrogen) atoms. The maximum atomic E-state index is 10.2. The molecule has 0 bridgehead atoms. The van der Waals surface area contributed by atoms with Gasteiger partial charge in [-0.25, -0.2) is 4.79 Å². The molecule has 1 atom stereocenters. The van der Waals surface area contributed by atoms with Crippen LogP contribution < -0.4 is 5.32 Å². The van der Waals surface area contributed by atoms with E-state index in [9.17, 15) is 4.79 Å². The first-order valence-electron chi connectivity index (χ1n) is 2.86. The van der Waals surface area contributed by atoms with Gasteiger partial charge in [0.05, 0.1) is 6.61 Å². The lowest BCUT2D eigenvalue weighted by molar-refractivity contribution is -0.151. The Bertz CT molecular complexity index is 109. The van der Waals surface area contributed by atoms with Crippen molar-refractivity contribution in [1.29, 1.82) is 0 Å². The smallest absolute Gasteiger partial charge is 0.334 e. The van der Waals surface area contributed by atoms with E-state index in [0.717, 1.165) is 6.54 Å². The van der Waals surface area contributed by atoms with Crippen molar-refractivity contribution in [3.05, 3.63) is 0 Å². The van der Waals surface area contributed by atoms with Gasteiger partial charge in [0.25, 0.3) is 0 Å². The van der Waals surface area contributed by atoms with Gasteiger partial charge in [-0.1, -0.05) is 0 Å². The van der Waals surface area contributed by atoms with Crippen molar-refractivity contribution < 1.29 is 14.6 Å². The third-order valence-electron chi connectivity index (χ3n) is 1.20. The number of nitrogens with one attached hydrogen (secondary N) is 1. The van der Waals surface area contributed by atoms with Crippen LogP contribution in [0.1, 0.15) is 0 Å². The molecule has 0 aromatic carbocycles. The Balaban J connectivity index is 2.31. The highest BCUT2D eigenvalue weighted by Crippen LogP contribution is 1.94. The van der Waals surface area contributed by atoms with Gasteiger partial charge in [-0.15, -0.1) is 0 Å². The van der Waals surface area contributed by atoms with E-state index in [1.807, 2.05) is 0 Å². The maximum absolute atomic E-state index is 10.2. The molecular weight excluding hydrogens is 122 g/mol. The minimum absolute atomic E-state index is 0.426. The Kier molecular flexibility index (Phi) is 2.02. The molecule has 0 aromatic rings. The molecule has 0 radical (unpaired) electrons. The molecule has 52 valence electrons. The molecule has 4 heteroatoms. The highest BCUT2D eigenvalue weighted by atomic mass is 16.5. The Morgan fingerprint density at radius 2 is 2.56 bits per heavy atom. The van der Waals surface area contributed by atoms with Gasteiger partial charge < -0.3 is 15.2 Å².